The number of nitrogen functional groups attached to an aromatic ring is 2. The van der Waals surface area contributed by atoms with Crippen molar-refractivity contribution in [3.8, 4) is 12.1 Å². The van der Waals surface area contributed by atoms with Crippen molar-refractivity contribution < 1.29 is 42.0 Å². The molecule has 82 heavy (non-hydrogen) atoms. The molecule has 5 aromatic carbocycles. The molecule has 0 bridgehead atoms. The molecule has 0 spiro atoms. The number of aromatic amines is 3. The van der Waals surface area contributed by atoms with Crippen LogP contribution in [0.25, 0.3) is 9.95 Å². The summed E-state index contributed by atoms with van der Waals surface area (Å²) in [4.78, 5) is 37.7. The zero-order chi connectivity index (χ0) is 56.1. The second kappa shape index (κ2) is 39.2. The minimum atomic E-state index is -0.102. The van der Waals surface area contributed by atoms with Gasteiger partial charge in [-0.15, -0.1) is 20.7 Å². The van der Waals surface area contributed by atoms with Gasteiger partial charge in [0.1, 0.15) is 29.6 Å². The molecule has 24 nitrogen and oxygen atoms in total. The molecule has 4 heterocycles. The molecule has 0 amide bonds. The maximum atomic E-state index is 8.68. The molecule has 9 N–H and O–H groups in total. The maximum absolute atomic E-state index is 8.68. The predicted octanol–water partition coefficient (Wildman–Crippen LogP) is 10.5. The molecular formula is C56H65ClN22NaO2+. The number of nitrogens with one attached hydrogen (secondary N) is 5. The fourth-order valence-electron chi connectivity index (χ4n) is 6.82. The average molecular weight is 1140 g/mol. The van der Waals surface area contributed by atoms with Gasteiger partial charge in [-0.1, -0.05) is 117 Å². The smallest absolute Gasteiger partial charge is 1.00 e. The molecule has 0 fully saturated rings. The molecule has 418 valence electrons. The summed E-state index contributed by atoms with van der Waals surface area (Å²) >= 11 is 0. The number of H-pyrrole nitrogens is 3. The van der Waals surface area contributed by atoms with E-state index in [0.29, 0.717) is 22.9 Å². The first-order chi connectivity index (χ1) is 37.1. The molecule has 0 aliphatic rings. The number of nitrogens with zero attached hydrogens (tertiary/aromatic N) is 15. The zero-order valence-corrected chi connectivity index (χ0v) is 47.1. The summed E-state index contributed by atoms with van der Waals surface area (Å²) in [5.74, 6) is 2.68. The molecule has 26 heteroatoms. The fourth-order valence-corrected chi connectivity index (χ4v) is 6.82. The number of nitrogens with two attached hydrogens (primary N) is 2. The normalized spacial score (nSPS) is 9.21. The van der Waals surface area contributed by atoms with Crippen LogP contribution in [-0.4, -0.2) is 34.9 Å². The van der Waals surface area contributed by atoms with E-state index in [1.54, 1.807) is 48.7 Å². The van der Waals surface area contributed by atoms with E-state index in [-0.39, 0.29) is 99.2 Å². The first-order valence-electron chi connectivity index (χ1n) is 22.9. The molecule has 9 aromatic rings. The van der Waals surface area contributed by atoms with E-state index in [4.69, 9.17) is 47.9 Å². The topological polar surface area (TPSA) is 381 Å². The number of benzene rings is 5. The molecule has 0 radical (unpaired) electrons. The summed E-state index contributed by atoms with van der Waals surface area (Å²) in [6.07, 6.45) is 3.09. The van der Waals surface area contributed by atoms with Gasteiger partial charge in [0.15, 0.2) is 16.5 Å². The molecule has 0 saturated carbocycles. The monoisotopic (exact) mass is 1140 g/mol. The van der Waals surface area contributed by atoms with Crippen LogP contribution in [0, 0.1) is 92.0 Å². The molecule has 0 unspecified atom stereocenters. The number of aryl methyl sites for hydroxylation is 7. The molecule has 0 saturated heterocycles. The first-order valence-corrected chi connectivity index (χ1v) is 22.9. The van der Waals surface area contributed by atoms with Gasteiger partial charge in [-0.05, 0) is 113 Å². The van der Waals surface area contributed by atoms with Crippen LogP contribution >= 0.6 is 0 Å². The second-order valence-electron chi connectivity index (χ2n) is 16.2. The number of halogens is 1. The standard InChI is InChI=1S/C24H29N3.C10H6N7.C10H8N6.C6H5N2.C3H5N3.3CH4.ClH.HNO2.Na/c1-14-8-17(4)23(18(5)9-14)26-21-12-16(3)13-22(25-21)27-24-19(6)10-15(2)11-20(24)7;11-6-8-9(15-12)14-10(13-8)17-16-7-4-2-1-3-5-7;11-6-8-9(12)14-10(13-8)16-15-7-4-2-1-3-5-7;7-8-6-4-2-1-3-5-6;4-3-1-5-2-6-3;;;;;2-1-3;/h8-13H,1-7H3,(H2,25,26,27);1-5H,(H,13,14);1-5H,12H2,(H,13,14);1-5H;1-2H,4H2,(H,5,6);3*1H4;1H;(H,2,3);/q;+1;;+1;;;;;;;+1/p-2. The Morgan fingerprint density at radius 3 is 1.28 bits per heavy atom. The van der Waals surface area contributed by atoms with Crippen LogP contribution in [0.4, 0.5) is 69.4 Å². The second-order valence-corrected chi connectivity index (χ2v) is 16.2. The van der Waals surface area contributed by atoms with Crippen LogP contribution < -0.4 is 64.1 Å². The Morgan fingerprint density at radius 2 is 0.963 bits per heavy atom. The Kier molecular flexibility index (Phi) is 35.3. The van der Waals surface area contributed by atoms with E-state index in [1.165, 1.54) is 45.3 Å². The maximum Gasteiger partial charge on any atom is 1.00 e. The SMILES string of the molecule is C.C.C.Cc1cc(Nc2c(C)cc(C)cc2C)nc(Nc2c(C)cc(C)cc2C)c1.N#Cc1[nH]c(N=Nc2ccccc2)nc1N.N#Cc1[nH]c(N=Nc2ccccc2)nc1[N+]#N.N#[N+]c1ccccc1.Nc1cnc[nH]1.O=N[O-].[Cl-].[Na+]. The van der Waals surface area contributed by atoms with Crippen LogP contribution in [0.15, 0.2) is 166 Å². The van der Waals surface area contributed by atoms with Crippen molar-refractivity contribution >= 4 is 69.4 Å². The van der Waals surface area contributed by atoms with Gasteiger partial charge in [-0.2, -0.15) is 15.5 Å². The number of azo groups is 2. The van der Waals surface area contributed by atoms with Crippen molar-refractivity contribution in [3.63, 3.8) is 0 Å². The van der Waals surface area contributed by atoms with E-state index in [2.05, 4.69) is 156 Å². The van der Waals surface area contributed by atoms with Crippen molar-refractivity contribution in [3.05, 3.63) is 210 Å². The van der Waals surface area contributed by atoms with E-state index >= 15 is 0 Å². The Balaban J connectivity index is 0. The molecule has 0 aliphatic carbocycles. The van der Waals surface area contributed by atoms with E-state index in [1.807, 2.05) is 60.7 Å². The van der Waals surface area contributed by atoms with Gasteiger partial charge < -0.3 is 54.6 Å². The Labute approximate surface area is 505 Å². The van der Waals surface area contributed by atoms with Gasteiger partial charge in [0.2, 0.25) is 17.0 Å². The number of nitriles is 2. The van der Waals surface area contributed by atoms with Crippen molar-refractivity contribution in [1.29, 1.82) is 21.3 Å². The third-order valence-electron chi connectivity index (χ3n) is 9.96. The van der Waals surface area contributed by atoms with Crippen LogP contribution in [0.3, 0.4) is 0 Å². The quantitative estimate of drug-likeness (QED) is 0.0245. The van der Waals surface area contributed by atoms with Crippen molar-refractivity contribution in [1.82, 2.24) is 34.9 Å². The first kappa shape index (κ1) is 73.9. The Morgan fingerprint density at radius 1 is 0.573 bits per heavy atom. The summed E-state index contributed by atoms with van der Waals surface area (Å²) in [6.45, 7) is 14.9. The van der Waals surface area contributed by atoms with Gasteiger partial charge >= 0.3 is 47.0 Å². The summed E-state index contributed by atoms with van der Waals surface area (Å²) in [7, 11) is 0. The summed E-state index contributed by atoms with van der Waals surface area (Å²) in [6, 6.07) is 43.8. The number of hydrogen-bond acceptors (Lipinski definition) is 19. The number of aromatic nitrogens is 7. The minimum absolute atomic E-state index is 0. The van der Waals surface area contributed by atoms with E-state index in [9.17, 15) is 0 Å². The third kappa shape index (κ3) is 25.1. The van der Waals surface area contributed by atoms with Gasteiger partial charge in [-0.25, -0.2) is 9.97 Å². The van der Waals surface area contributed by atoms with Crippen molar-refractivity contribution in [2.75, 3.05) is 22.1 Å². The third-order valence-corrected chi connectivity index (χ3v) is 9.96. The number of anilines is 6. The summed E-state index contributed by atoms with van der Waals surface area (Å²) in [5, 5.41) is 65.6. The number of pyridine rings is 1. The van der Waals surface area contributed by atoms with Crippen LogP contribution in [0.2, 0.25) is 0 Å². The van der Waals surface area contributed by atoms with E-state index < -0.39 is 0 Å². The molecule has 0 atom stereocenters. The number of hydrogen-bond donors (Lipinski definition) is 7. The molecular weight excluding hydrogens is 1070 g/mol. The number of rotatable bonds is 8. The summed E-state index contributed by atoms with van der Waals surface area (Å²) in [5.41, 5.74) is 23.7. The largest absolute Gasteiger partial charge is 1.00 e. The average Bonchev–Trinajstić information content (AvgIpc) is 4.18. The van der Waals surface area contributed by atoms with Crippen LogP contribution in [-0.2, 0) is 0 Å². The Hall–Kier alpha value is -10.2. The van der Waals surface area contributed by atoms with Crippen molar-refractivity contribution in [2.24, 2.45) is 25.8 Å². The van der Waals surface area contributed by atoms with Crippen LogP contribution in [0.5, 0.6) is 0 Å². The van der Waals surface area contributed by atoms with Crippen molar-refractivity contribution in [2.45, 2.75) is 70.7 Å². The summed E-state index contributed by atoms with van der Waals surface area (Å²) < 4.78 is 0. The number of imidazole rings is 3. The zero-order valence-electron chi connectivity index (χ0n) is 44.3. The molecule has 9 rings (SSSR count). The predicted molar refractivity (Wildman–Crippen MR) is 317 cm³/mol. The van der Waals surface area contributed by atoms with Gasteiger partial charge in [0.25, 0.3) is 0 Å². The molecule has 4 aromatic heterocycles. The minimum Gasteiger partial charge on any atom is -1.00 e. The Bertz CT molecular complexity index is 3410. The van der Waals surface area contributed by atoms with Gasteiger partial charge in [0, 0.05) is 33.5 Å². The van der Waals surface area contributed by atoms with Gasteiger partial charge in [-0.3, -0.25) is 4.98 Å². The molecule has 0 aliphatic heterocycles. The fraction of sp³-hybridized carbons (Fsp3) is 0.179. The van der Waals surface area contributed by atoms with E-state index in [0.717, 1.165) is 28.4 Å². The van der Waals surface area contributed by atoms with Crippen LogP contribution in [0.1, 0.15) is 72.6 Å². The number of diazo groups is 2. The van der Waals surface area contributed by atoms with Gasteiger partial charge in [0.05, 0.1) is 29.3 Å².